The van der Waals surface area contributed by atoms with Gasteiger partial charge in [0.1, 0.15) is 5.82 Å². The highest BCUT2D eigenvalue weighted by Gasteiger charge is 2.72. The zero-order valence-electron chi connectivity index (χ0n) is 14.9. The van der Waals surface area contributed by atoms with Gasteiger partial charge in [-0.1, -0.05) is 12.1 Å². The summed E-state index contributed by atoms with van der Waals surface area (Å²) in [6.45, 7) is -0.308. The Kier molecular flexibility index (Phi) is 4.91. The van der Waals surface area contributed by atoms with E-state index in [0.29, 0.717) is 5.69 Å². The second kappa shape index (κ2) is 6.85. The van der Waals surface area contributed by atoms with Crippen LogP contribution < -0.4 is 4.90 Å². The summed E-state index contributed by atoms with van der Waals surface area (Å²) in [5.74, 6) is -0.130. The minimum Gasteiger partial charge on any atom is -0.355 e. The number of hydrogen-bond donors (Lipinski definition) is 0. The molecule has 0 saturated carbocycles. The van der Waals surface area contributed by atoms with E-state index in [1.807, 2.05) is 0 Å². The lowest BCUT2D eigenvalue weighted by atomic mass is 9.85. The van der Waals surface area contributed by atoms with E-state index in [0.717, 1.165) is 4.90 Å². The summed E-state index contributed by atoms with van der Waals surface area (Å²) in [6, 6.07) is 6.54. The van der Waals surface area contributed by atoms with Crippen molar-refractivity contribution in [1.82, 2.24) is 9.97 Å². The molecule has 156 valence electrons. The Labute approximate surface area is 160 Å². The van der Waals surface area contributed by atoms with Gasteiger partial charge in [0.15, 0.2) is 11.2 Å². The van der Waals surface area contributed by atoms with E-state index in [-0.39, 0.29) is 22.9 Å². The lowest BCUT2D eigenvalue weighted by Gasteiger charge is -2.33. The van der Waals surface area contributed by atoms with Crippen LogP contribution in [-0.4, -0.2) is 40.3 Å². The van der Waals surface area contributed by atoms with Crippen LogP contribution in [0.5, 0.6) is 0 Å². The number of benzene rings is 1. The number of aromatic nitrogens is 2. The number of nitro benzene ring substituents is 1. The standard InChI is InChI=1S/C17H14F6N4O2/c1-10-7-13(25-14(24-10)11-3-2-4-12(8-11)27(28)29)26-6-5-15(9-26,16(18,19)20)17(21,22)23/h2-4,7-8H,5-6,9H2,1H3. The molecule has 29 heavy (non-hydrogen) atoms. The van der Waals surface area contributed by atoms with Gasteiger partial charge in [-0.15, -0.1) is 0 Å². The van der Waals surface area contributed by atoms with Crippen LogP contribution in [0.25, 0.3) is 11.4 Å². The monoisotopic (exact) mass is 420 g/mol. The molecule has 1 aromatic heterocycles. The molecule has 0 bridgehead atoms. The van der Waals surface area contributed by atoms with Gasteiger partial charge in [-0.2, -0.15) is 26.3 Å². The fourth-order valence-electron chi connectivity index (χ4n) is 3.23. The summed E-state index contributed by atoms with van der Waals surface area (Å²) in [5.41, 5.74) is -3.57. The van der Waals surface area contributed by atoms with E-state index >= 15 is 0 Å². The third-order valence-electron chi connectivity index (χ3n) is 4.83. The van der Waals surface area contributed by atoms with E-state index in [1.165, 1.54) is 37.3 Å². The zero-order valence-corrected chi connectivity index (χ0v) is 14.9. The highest BCUT2D eigenvalue weighted by Crippen LogP contribution is 2.56. The van der Waals surface area contributed by atoms with Crippen LogP contribution in [0, 0.1) is 22.5 Å². The first kappa shape index (κ1) is 20.8. The Balaban J connectivity index is 1.99. The molecule has 1 fully saturated rings. The number of alkyl halides is 6. The van der Waals surface area contributed by atoms with Crippen LogP contribution in [0.3, 0.4) is 0 Å². The van der Waals surface area contributed by atoms with Crippen molar-refractivity contribution in [2.24, 2.45) is 5.41 Å². The normalized spacial score (nSPS) is 16.9. The van der Waals surface area contributed by atoms with Crippen molar-refractivity contribution in [2.75, 3.05) is 18.0 Å². The predicted octanol–water partition coefficient (Wildman–Crippen LogP) is 4.68. The quantitative estimate of drug-likeness (QED) is 0.410. The molecule has 0 radical (unpaired) electrons. The number of non-ortho nitro benzene ring substituents is 1. The minimum absolute atomic E-state index is 0.0276. The molecule has 0 spiro atoms. The maximum absolute atomic E-state index is 13.3. The van der Waals surface area contributed by atoms with E-state index in [2.05, 4.69) is 9.97 Å². The number of anilines is 1. The SMILES string of the molecule is Cc1cc(N2CCC(C(F)(F)F)(C(F)(F)F)C2)nc(-c2cccc([N+](=O)[O-])c2)n1. The Morgan fingerprint density at radius 1 is 1.10 bits per heavy atom. The van der Waals surface area contributed by atoms with Crippen molar-refractivity contribution >= 4 is 11.5 Å². The largest absolute Gasteiger partial charge is 0.404 e. The Morgan fingerprint density at radius 2 is 1.76 bits per heavy atom. The van der Waals surface area contributed by atoms with Gasteiger partial charge < -0.3 is 4.90 Å². The molecule has 2 heterocycles. The molecule has 0 amide bonds. The lowest BCUT2D eigenvalue weighted by Crippen LogP contribution is -2.51. The van der Waals surface area contributed by atoms with Gasteiger partial charge >= 0.3 is 12.4 Å². The summed E-state index contributed by atoms with van der Waals surface area (Å²) >= 11 is 0. The average molecular weight is 420 g/mol. The highest BCUT2D eigenvalue weighted by molar-refractivity contribution is 5.61. The Morgan fingerprint density at radius 3 is 2.31 bits per heavy atom. The van der Waals surface area contributed by atoms with E-state index in [9.17, 15) is 36.5 Å². The molecule has 3 rings (SSSR count). The molecule has 6 nitrogen and oxygen atoms in total. The molecule has 1 saturated heterocycles. The first-order chi connectivity index (χ1) is 13.3. The van der Waals surface area contributed by atoms with Gasteiger partial charge in [-0.05, 0) is 13.3 Å². The molecule has 0 atom stereocenters. The molecule has 1 aliphatic rings. The molecule has 1 aliphatic heterocycles. The van der Waals surface area contributed by atoms with Crippen molar-refractivity contribution in [1.29, 1.82) is 0 Å². The second-order valence-corrected chi connectivity index (χ2v) is 6.75. The zero-order chi connectivity index (χ0) is 21.6. The maximum atomic E-state index is 13.3. The van der Waals surface area contributed by atoms with E-state index in [4.69, 9.17) is 0 Å². The first-order valence-electron chi connectivity index (χ1n) is 8.33. The minimum atomic E-state index is -5.47. The van der Waals surface area contributed by atoms with Crippen LogP contribution in [0.2, 0.25) is 0 Å². The Bertz CT molecular complexity index is 930. The molecule has 0 unspecified atom stereocenters. The fourth-order valence-corrected chi connectivity index (χ4v) is 3.23. The molecule has 1 aromatic carbocycles. The van der Waals surface area contributed by atoms with Crippen LogP contribution >= 0.6 is 0 Å². The number of rotatable bonds is 3. The van der Waals surface area contributed by atoms with E-state index in [1.54, 1.807) is 0 Å². The van der Waals surface area contributed by atoms with Crippen LogP contribution in [0.15, 0.2) is 30.3 Å². The summed E-state index contributed by atoms with van der Waals surface area (Å²) in [7, 11) is 0. The molecule has 12 heteroatoms. The number of hydrogen-bond acceptors (Lipinski definition) is 5. The van der Waals surface area contributed by atoms with Gasteiger partial charge in [0.2, 0.25) is 0 Å². The second-order valence-electron chi connectivity index (χ2n) is 6.75. The lowest BCUT2D eigenvalue weighted by molar-refractivity contribution is -0.384. The molecular weight excluding hydrogens is 406 g/mol. The molecule has 0 N–H and O–H groups in total. The topological polar surface area (TPSA) is 72.2 Å². The number of nitro groups is 1. The van der Waals surface area contributed by atoms with Gasteiger partial charge in [0, 0.05) is 42.5 Å². The van der Waals surface area contributed by atoms with Gasteiger partial charge in [-0.3, -0.25) is 10.1 Å². The number of nitrogens with zero attached hydrogens (tertiary/aromatic N) is 4. The van der Waals surface area contributed by atoms with Crippen molar-refractivity contribution in [3.05, 3.63) is 46.1 Å². The van der Waals surface area contributed by atoms with Crippen molar-refractivity contribution in [2.45, 2.75) is 25.7 Å². The summed E-state index contributed by atoms with van der Waals surface area (Å²) in [5, 5.41) is 10.9. The summed E-state index contributed by atoms with van der Waals surface area (Å²) in [6.07, 6.45) is -12.1. The van der Waals surface area contributed by atoms with Crippen LogP contribution in [0.4, 0.5) is 37.8 Å². The van der Waals surface area contributed by atoms with Crippen molar-refractivity contribution in [3.8, 4) is 11.4 Å². The average Bonchev–Trinajstić information content (AvgIpc) is 3.08. The molecular formula is C17H14F6N4O2. The third kappa shape index (κ3) is 3.70. The molecule has 2 aromatic rings. The van der Waals surface area contributed by atoms with Crippen molar-refractivity contribution < 1.29 is 31.3 Å². The smallest absolute Gasteiger partial charge is 0.355 e. The van der Waals surface area contributed by atoms with E-state index < -0.39 is 42.2 Å². The summed E-state index contributed by atoms with van der Waals surface area (Å²) < 4.78 is 79.8. The van der Waals surface area contributed by atoms with Crippen molar-refractivity contribution in [3.63, 3.8) is 0 Å². The Hall–Kier alpha value is -2.92. The highest BCUT2D eigenvalue weighted by atomic mass is 19.4. The van der Waals surface area contributed by atoms with Gasteiger partial charge in [0.25, 0.3) is 5.69 Å². The molecule has 0 aliphatic carbocycles. The van der Waals surface area contributed by atoms with Crippen LogP contribution in [0.1, 0.15) is 12.1 Å². The van der Waals surface area contributed by atoms with Gasteiger partial charge in [0.05, 0.1) is 4.92 Å². The number of halogens is 6. The summed E-state index contributed by atoms with van der Waals surface area (Å²) in [4.78, 5) is 19.4. The third-order valence-corrected chi connectivity index (χ3v) is 4.83. The fraction of sp³-hybridized carbons (Fsp3) is 0.412. The first-order valence-corrected chi connectivity index (χ1v) is 8.33. The number of aryl methyl sites for hydroxylation is 1. The maximum Gasteiger partial charge on any atom is 0.404 e. The van der Waals surface area contributed by atoms with Gasteiger partial charge in [-0.25, -0.2) is 9.97 Å². The van der Waals surface area contributed by atoms with Crippen LogP contribution in [-0.2, 0) is 0 Å². The predicted molar refractivity (Wildman–Crippen MR) is 90.2 cm³/mol.